The van der Waals surface area contributed by atoms with Crippen molar-refractivity contribution in [2.75, 3.05) is 45.9 Å². The minimum atomic E-state index is 0.0733. The first-order chi connectivity index (χ1) is 7.77. The van der Waals surface area contributed by atoms with E-state index in [2.05, 4.69) is 0 Å². The summed E-state index contributed by atoms with van der Waals surface area (Å²) in [5, 5.41) is 0. The molecule has 1 fully saturated rings. The lowest BCUT2D eigenvalue weighted by Gasteiger charge is -2.31. The molecule has 0 N–H and O–H groups in total. The zero-order valence-electron chi connectivity index (χ0n) is 9.78. The van der Waals surface area contributed by atoms with Crippen LogP contribution in [-0.4, -0.2) is 56.7 Å². The number of hydrogen-bond donors (Lipinski definition) is 0. The van der Waals surface area contributed by atoms with E-state index in [-0.39, 0.29) is 12.5 Å². The summed E-state index contributed by atoms with van der Waals surface area (Å²) in [6.07, 6.45) is 2.01. The summed E-state index contributed by atoms with van der Waals surface area (Å²) in [5.74, 6) is 1.34. The molecular weight excluding hydrogens is 230 g/mol. The number of amides is 1. The smallest absolute Gasteiger partial charge is 0.248 e. The highest BCUT2D eigenvalue weighted by atomic mass is 35.5. The maximum atomic E-state index is 11.7. The third-order valence-electron chi connectivity index (χ3n) is 2.84. The second-order valence-electron chi connectivity index (χ2n) is 4.02. The number of methoxy groups -OCH3 is 1. The van der Waals surface area contributed by atoms with Crippen molar-refractivity contribution < 1.29 is 14.3 Å². The number of ether oxygens (including phenoxy) is 2. The van der Waals surface area contributed by atoms with Gasteiger partial charge in [0.2, 0.25) is 5.91 Å². The van der Waals surface area contributed by atoms with Crippen molar-refractivity contribution in [3.8, 4) is 0 Å². The summed E-state index contributed by atoms with van der Waals surface area (Å²) in [5.41, 5.74) is 0. The Morgan fingerprint density at radius 3 is 2.62 bits per heavy atom. The van der Waals surface area contributed by atoms with Gasteiger partial charge in [-0.15, -0.1) is 11.6 Å². The van der Waals surface area contributed by atoms with Crippen molar-refractivity contribution in [3.05, 3.63) is 0 Å². The van der Waals surface area contributed by atoms with Gasteiger partial charge in [-0.1, -0.05) is 0 Å². The Bertz CT molecular complexity index is 205. The van der Waals surface area contributed by atoms with E-state index in [0.717, 1.165) is 25.9 Å². The minimum Gasteiger partial charge on any atom is -0.382 e. The van der Waals surface area contributed by atoms with E-state index in [1.165, 1.54) is 0 Å². The van der Waals surface area contributed by atoms with Crippen LogP contribution in [0.5, 0.6) is 0 Å². The van der Waals surface area contributed by atoms with Gasteiger partial charge < -0.3 is 14.4 Å². The summed E-state index contributed by atoms with van der Waals surface area (Å²) < 4.78 is 10.0. The molecule has 1 saturated heterocycles. The fourth-order valence-corrected chi connectivity index (χ4v) is 2.04. The Morgan fingerprint density at radius 2 is 2.06 bits per heavy atom. The fraction of sp³-hybridized carbons (Fsp3) is 0.909. The van der Waals surface area contributed by atoms with Crippen molar-refractivity contribution in [1.29, 1.82) is 0 Å². The SMILES string of the molecule is COCCOCC(=O)N1CCC(CCl)CC1. The molecule has 1 amide bonds. The first-order valence-electron chi connectivity index (χ1n) is 5.68. The van der Waals surface area contributed by atoms with E-state index in [4.69, 9.17) is 21.1 Å². The first kappa shape index (κ1) is 13.7. The number of hydrogen-bond acceptors (Lipinski definition) is 3. The van der Waals surface area contributed by atoms with Crippen LogP contribution >= 0.6 is 11.6 Å². The van der Waals surface area contributed by atoms with E-state index < -0.39 is 0 Å². The molecule has 0 bridgehead atoms. The number of halogens is 1. The quantitative estimate of drug-likeness (QED) is 0.523. The maximum Gasteiger partial charge on any atom is 0.248 e. The normalized spacial score (nSPS) is 17.8. The minimum absolute atomic E-state index is 0.0733. The molecule has 0 radical (unpaired) electrons. The lowest BCUT2D eigenvalue weighted by molar-refractivity contribution is -0.137. The first-order valence-corrected chi connectivity index (χ1v) is 6.21. The number of nitrogens with zero attached hydrogens (tertiary/aromatic N) is 1. The summed E-state index contributed by atoms with van der Waals surface area (Å²) in [6, 6.07) is 0. The number of piperidine rings is 1. The van der Waals surface area contributed by atoms with E-state index in [0.29, 0.717) is 25.0 Å². The number of carbonyl (C=O) groups is 1. The van der Waals surface area contributed by atoms with Gasteiger partial charge in [0.1, 0.15) is 6.61 Å². The van der Waals surface area contributed by atoms with Gasteiger partial charge in [0.25, 0.3) is 0 Å². The standard InChI is InChI=1S/C11H20ClNO3/c1-15-6-7-16-9-11(14)13-4-2-10(8-12)3-5-13/h10H,2-9H2,1H3. The van der Waals surface area contributed by atoms with Gasteiger partial charge >= 0.3 is 0 Å². The molecule has 4 nitrogen and oxygen atoms in total. The van der Waals surface area contributed by atoms with Crippen molar-refractivity contribution in [1.82, 2.24) is 4.90 Å². The van der Waals surface area contributed by atoms with Crippen LogP contribution in [0.3, 0.4) is 0 Å². The topological polar surface area (TPSA) is 38.8 Å². The summed E-state index contributed by atoms with van der Waals surface area (Å²) in [4.78, 5) is 13.5. The van der Waals surface area contributed by atoms with Gasteiger partial charge in [0, 0.05) is 26.1 Å². The van der Waals surface area contributed by atoms with E-state index >= 15 is 0 Å². The lowest BCUT2D eigenvalue weighted by atomic mass is 9.99. The Hall–Kier alpha value is -0.320. The summed E-state index contributed by atoms with van der Waals surface area (Å²) >= 11 is 5.78. The predicted octanol–water partition coefficient (Wildman–Crippen LogP) is 1.13. The molecule has 1 aliphatic rings. The van der Waals surface area contributed by atoms with Gasteiger partial charge in [-0.3, -0.25) is 4.79 Å². The van der Waals surface area contributed by atoms with Crippen molar-refractivity contribution >= 4 is 17.5 Å². The molecule has 1 rings (SSSR count). The van der Waals surface area contributed by atoms with Crippen LogP contribution in [-0.2, 0) is 14.3 Å². The van der Waals surface area contributed by atoms with Crippen LogP contribution in [0.2, 0.25) is 0 Å². The van der Waals surface area contributed by atoms with Crippen LogP contribution in [0.15, 0.2) is 0 Å². The molecule has 0 unspecified atom stereocenters. The zero-order chi connectivity index (χ0) is 11.8. The van der Waals surface area contributed by atoms with Crippen LogP contribution in [0.1, 0.15) is 12.8 Å². The predicted molar refractivity (Wildman–Crippen MR) is 62.7 cm³/mol. The summed E-state index contributed by atoms with van der Waals surface area (Å²) in [7, 11) is 1.61. The second kappa shape index (κ2) is 7.87. The molecular formula is C11H20ClNO3. The molecule has 0 aromatic carbocycles. The molecule has 1 aliphatic heterocycles. The third-order valence-corrected chi connectivity index (χ3v) is 3.28. The van der Waals surface area contributed by atoms with Crippen LogP contribution in [0.4, 0.5) is 0 Å². The van der Waals surface area contributed by atoms with Crippen LogP contribution in [0, 0.1) is 5.92 Å². The van der Waals surface area contributed by atoms with Crippen molar-refractivity contribution in [2.24, 2.45) is 5.92 Å². The molecule has 0 aliphatic carbocycles. The van der Waals surface area contributed by atoms with Gasteiger partial charge in [-0.05, 0) is 18.8 Å². The molecule has 0 atom stereocenters. The maximum absolute atomic E-state index is 11.7. The number of likely N-dealkylation sites (tertiary alicyclic amines) is 1. The molecule has 0 aromatic rings. The fourth-order valence-electron chi connectivity index (χ4n) is 1.73. The van der Waals surface area contributed by atoms with Gasteiger partial charge in [-0.2, -0.15) is 0 Å². The molecule has 0 aromatic heterocycles. The highest BCUT2D eigenvalue weighted by molar-refractivity contribution is 6.18. The molecule has 94 valence electrons. The van der Waals surface area contributed by atoms with Crippen LogP contribution in [0.25, 0.3) is 0 Å². The van der Waals surface area contributed by atoms with Crippen molar-refractivity contribution in [2.45, 2.75) is 12.8 Å². The Balaban J connectivity index is 2.13. The highest BCUT2D eigenvalue weighted by Crippen LogP contribution is 2.18. The van der Waals surface area contributed by atoms with E-state index in [1.807, 2.05) is 4.90 Å². The van der Waals surface area contributed by atoms with Gasteiger partial charge in [-0.25, -0.2) is 0 Å². The van der Waals surface area contributed by atoms with Crippen LogP contribution < -0.4 is 0 Å². The number of rotatable bonds is 6. The zero-order valence-corrected chi connectivity index (χ0v) is 10.5. The average molecular weight is 250 g/mol. The Morgan fingerprint density at radius 1 is 1.38 bits per heavy atom. The second-order valence-corrected chi connectivity index (χ2v) is 4.33. The Labute approximate surface area is 102 Å². The molecule has 16 heavy (non-hydrogen) atoms. The molecule has 5 heteroatoms. The third kappa shape index (κ3) is 4.68. The van der Waals surface area contributed by atoms with Gasteiger partial charge in [0.15, 0.2) is 0 Å². The molecule has 1 heterocycles. The average Bonchev–Trinajstić information content (AvgIpc) is 2.34. The lowest BCUT2D eigenvalue weighted by Crippen LogP contribution is -2.40. The van der Waals surface area contributed by atoms with E-state index in [9.17, 15) is 4.79 Å². The van der Waals surface area contributed by atoms with Crippen molar-refractivity contribution in [3.63, 3.8) is 0 Å². The molecule has 0 saturated carbocycles. The molecule has 0 spiro atoms. The summed E-state index contributed by atoms with van der Waals surface area (Å²) in [6.45, 7) is 2.78. The highest BCUT2D eigenvalue weighted by Gasteiger charge is 2.21. The van der Waals surface area contributed by atoms with Gasteiger partial charge in [0.05, 0.1) is 13.2 Å². The van der Waals surface area contributed by atoms with E-state index in [1.54, 1.807) is 7.11 Å². The number of carbonyl (C=O) groups excluding carboxylic acids is 1. The monoisotopic (exact) mass is 249 g/mol. The largest absolute Gasteiger partial charge is 0.382 e. The Kier molecular flexibility index (Phi) is 6.76. The number of alkyl halides is 1.